The number of aryl methyl sites for hydroxylation is 1. The topological polar surface area (TPSA) is 72.7 Å². The second-order valence-corrected chi connectivity index (χ2v) is 6.99. The first-order valence-electron chi connectivity index (χ1n) is 6.99. The molecular weight excluding hydrogens is 330 g/mol. The molecule has 8 heteroatoms. The third-order valence-electron chi connectivity index (χ3n) is 3.12. The number of carbonyl (C=O) groups is 1. The van der Waals surface area contributed by atoms with Crippen LogP contribution >= 0.6 is 23.1 Å². The van der Waals surface area contributed by atoms with Crippen molar-refractivity contribution in [3.8, 4) is 5.69 Å². The van der Waals surface area contributed by atoms with E-state index in [1.807, 2.05) is 54.1 Å². The molecule has 118 valence electrons. The van der Waals surface area contributed by atoms with Crippen molar-refractivity contribution in [1.29, 1.82) is 0 Å². The number of rotatable bonds is 5. The molecule has 0 saturated heterocycles. The number of carbonyl (C=O) groups excluding carboxylic acids is 1. The van der Waals surface area contributed by atoms with Crippen LogP contribution in [0.5, 0.6) is 0 Å². The minimum absolute atomic E-state index is 0.106. The zero-order valence-electron chi connectivity index (χ0n) is 12.6. The number of para-hydroxylation sites is 1. The predicted octanol–water partition coefficient (Wildman–Crippen LogP) is 3.15. The highest BCUT2D eigenvalue weighted by atomic mass is 32.2. The average Bonchev–Trinajstić information content (AvgIpc) is 3.18. The molecule has 1 aromatic carbocycles. The van der Waals surface area contributed by atoms with Crippen LogP contribution in [-0.4, -0.2) is 30.9 Å². The zero-order valence-corrected chi connectivity index (χ0v) is 14.3. The van der Waals surface area contributed by atoms with Gasteiger partial charge < -0.3 is 5.32 Å². The number of benzene rings is 1. The minimum atomic E-state index is -0.315. The van der Waals surface area contributed by atoms with E-state index in [0.717, 1.165) is 11.5 Å². The van der Waals surface area contributed by atoms with Crippen molar-refractivity contribution >= 4 is 34.1 Å². The first-order chi connectivity index (χ1) is 11.1. The summed E-state index contributed by atoms with van der Waals surface area (Å²) in [5.41, 5.74) is 0.977. The fourth-order valence-corrected chi connectivity index (χ4v) is 3.44. The van der Waals surface area contributed by atoms with E-state index in [0.29, 0.717) is 10.3 Å². The van der Waals surface area contributed by atoms with Crippen LogP contribution in [-0.2, 0) is 4.79 Å². The van der Waals surface area contributed by atoms with Crippen molar-refractivity contribution in [2.45, 2.75) is 24.3 Å². The van der Waals surface area contributed by atoms with Crippen LogP contribution in [0.4, 0.5) is 5.13 Å². The van der Waals surface area contributed by atoms with E-state index >= 15 is 0 Å². The first-order valence-corrected chi connectivity index (χ1v) is 8.75. The Hall–Kier alpha value is -2.19. The molecule has 0 aliphatic rings. The normalized spacial score (nSPS) is 12.1. The van der Waals surface area contributed by atoms with Gasteiger partial charge >= 0.3 is 0 Å². The number of nitrogens with zero attached hydrogens (tertiary/aromatic N) is 4. The van der Waals surface area contributed by atoms with Crippen LogP contribution in [0.1, 0.15) is 12.7 Å². The summed E-state index contributed by atoms with van der Waals surface area (Å²) in [6.45, 7) is 3.73. The molecule has 6 nitrogen and oxygen atoms in total. The summed E-state index contributed by atoms with van der Waals surface area (Å²) in [7, 11) is 0. The minimum Gasteiger partial charge on any atom is -0.301 e. The molecule has 0 bridgehead atoms. The van der Waals surface area contributed by atoms with Gasteiger partial charge in [0, 0.05) is 17.3 Å². The summed E-state index contributed by atoms with van der Waals surface area (Å²) in [6, 6.07) is 9.85. The Balaban J connectivity index is 1.77. The predicted molar refractivity (Wildman–Crippen MR) is 92.2 cm³/mol. The van der Waals surface area contributed by atoms with Gasteiger partial charge in [0.2, 0.25) is 5.91 Å². The van der Waals surface area contributed by atoms with E-state index in [2.05, 4.69) is 20.5 Å². The molecule has 0 aliphatic heterocycles. The van der Waals surface area contributed by atoms with E-state index in [9.17, 15) is 4.79 Å². The second-order valence-electron chi connectivity index (χ2n) is 4.79. The van der Waals surface area contributed by atoms with Crippen molar-refractivity contribution in [1.82, 2.24) is 19.7 Å². The third-order valence-corrected chi connectivity index (χ3v) is 4.85. The molecule has 1 amide bonds. The monoisotopic (exact) mass is 345 g/mol. The van der Waals surface area contributed by atoms with Gasteiger partial charge in [-0.25, -0.2) is 4.98 Å². The van der Waals surface area contributed by atoms with Crippen molar-refractivity contribution in [2.24, 2.45) is 0 Å². The molecule has 2 aromatic heterocycles. The molecule has 0 radical (unpaired) electrons. The number of aromatic nitrogens is 4. The number of hydrogen-bond acceptors (Lipinski definition) is 6. The largest absolute Gasteiger partial charge is 0.301 e. The number of thiazole rings is 1. The van der Waals surface area contributed by atoms with Gasteiger partial charge in [-0.15, -0.1) is 21.5 Å². The van der Waals surface area contributed by atoms with E-state index in [-0.39, 0.29) is 11.2 Å². The van der Waals surface area contributed by atoms with Crippen molar-refractivity contribution < 1.29 is 4.79 Å². The second kappa shape index (κ2) is 6.93. The number of amides is 1. The average molecular weight is 345 g/mol. The van der Waals surface area contributed by atoms with Crippen molar-refractivity contribution in [3.05, 3.63) is 47.7 Å². The Labute approximate surface area is 142 Å². The number of thioether (sulfide) groups is 1. The molecule has 0 aliphatic carbocycles. The van der Waals surface area contributed by atoms with Gasteiger partial charge in [-0.3, -0.25) is 9.36 Å². The van der Waals surface area contributed by atoms with Crippen LogP contribution in [0.3, 0.4) is 0 Å². The first kappa shape index (κ1) is 15.7. The Kier molecular flexibility index (Phi) is 4.73. The molecule has 3 rings (SSSR count). The molecule has 23 heavy (non-hydrogen) atoms. The summed E-state index contributed by atoms with van der Waals surface area (Å²) in [4.78, 5) is 16.3. The van der Waals surface area contributed by atoms with E-state index in [4.69, 9.17) is 0 Å². The SMILES string of the molecule is Cc1nnc(S[C@H](C)C(=O)Nc2nccs2)n1-c1ccccc1. The molecule has 0 fully saturated rings. The molecule has 0 unspecified atom stereocenters. The van der Waals surface area contributed by atoms with E-state index in [1.54, 1.807) is 6.20 Å². The highest BCUT2D eigenvalue weighted by Gasteiger charge is 2.20. The van der Waals surface area contributed by atoms with Crippen LogP contribution in [0, 0.1) is 6.92 Å². The van der Waals surface area contributed by atoms with Gasteiger partial charge in [-0.2, -0.15) is 0 Å². The maximum atomic E-state index is 12.2. The zero-order chi connectivity index (χ0) is 16.2. The smallest absolute Gasteiger partial charge is 0.239 e. The number of anilines is 1. The van der Waals surface area contributed by atoms with E-state index in [1.165, 1.54) is 23.1 Å². The summed E-state index contributed by atoms with van der Waals surface area (Å²) in [6.07, 6.45) is 1.66. The summed E-state index contributed by atoms with van der Waals surface area (Å²) >= 11 is 2.76. The lowest BCUT2D eigenvalue weighted by atomic mass is 10.3. The van der Waals surface area contributed by atoms with Crippen molar-refractivity contribution in [2.75, 3.05) is 5.32 Å². The molecular formula is C15H15N5OS2. The maximum absolute atomic E-state index is 12.2. The molecule has 0 spiro atoms. The van der Waals surface area contributed by atoms with Gasteiger partial charge in [-0.05, 0) is 26.0 Å². The Morgan fingerprint density at radius 1 is 1.30 bits per heavy atom. The third kappa shape index (κ3) is 3.59. The van der Waals surface area contributed by atoms with E-state index < -0.39 is 0 Å². The molecule has 1 atom stereocenters. The Morgan fingerprint density at radius 2 is 2.09 bits per heavy atom. The highest BCUT2D eigenvalue weighted by Crippen LogP contribution is 2.26. The van der Waals surface area contributed by atoms with Crippen LogP contribution in [0.25, 0.3) is 5.69 Å². The fourth-order valence-electron chi connectivity index (χ4n) is 2.00. The molecule has 3 aromatic rings. The van der Waals surface area contributed by atoms with Crippen LogP contribution < -0.4 is 5.32 Å². The summed E-state index contributed by atoms with van der Waals surface area (Å²) in [5.74, 6) is 0.677. The maximum Gasteiger partial charge on any atom is 0.239 e. The highest BCUT2D eigenvalue weighted by molar-refractivity contribution is 8.00. The summed E-state index contributed by atoms with van der Waals surface area (Å²) in [5, 5.41) is 13.9. The number of hydrogen-bond donors (Lipinski definition) is 1. The fraction of sp³-hybridized carbons (Fsp3) is 0.200. The van der Waals surface area contributed by atoms with Crippen molar-refractivity contribution in [3.63, 3.8) is 0 Å². The van der Waals surface area contributed by atoms with Gasteiger partial charge in [-0.1, -0.05) is 30.0 Å². The lowest BCUT2D eigenvalue weighted by Crippen LogP contribution is -2.22. The van der Waals surface area contributed by atoms with Crippen LogP contribution in [0.2, 0.25) is 0 Å². The van der Waals surface area contributed by atoms with Crippen LogP contribution in [0.15, 0.2) is 47.1 Å². The Morgan fingerprint density at radius 3 is 2.78 bits per heavy atom. The quantitative estimate of drug-likeness (QED) is 0.719. The lowest BCUT2D eigenvalue weighted by Gasteiger charge is -2.12. The van der Waals surface area contributed by atoms with Gasteiger partial charge in [0.1, 0.15) is 5.82 Å². The summed E-state index contributed by atoms with van der Waals surface area (Å²) < 4.78 is 1.94. The molecule has 2 heterocycles. The van der Waals surface area contributed by atoms with Gasteiger partial charge in [0.05, 0.1) is 5.25 Å². The number of nitrogens with one attached hydrogen (secondary N) is 1. The molecule has 1 N–H and O–H groups in total. The van der Waals surface area contributed by atoms with Gasteiger partial charge in [0.25, 0.3) is 0 Å². The standard InChI is InChI=1S/C15H15N5OS2/c1-10(13(21)17-14-16-8-9-22-14)23-15-19-18-11(2)20(15)12-6-4-3-5-7-12/h3-10H,1-2H3,(H,16,17,21)/t10-/m1/s1. The van der Waals surface area contributed by atoms with Gasteiger partial charge in [0.15, 0.2) is 10.3 Å². The lowest BCUT2D eigenvalue weighted by molar-refractivity contribution is -0.115. The Bertz CT molecular complexity index is 786. The molecule has 0 saturated carbocycles.